The largest absolute Gasteiger partial charge is 0.506 e. The van der Waals surface area contributed by atoms with Gasteiger partial charge in [-0.15, -0.1) is 0 Å². The van der Waals surface area contributed by atoms with Crippen LogP contribution in [0.15, 0.2) is 42.5 Å². The molecule has 0 aliphatic rings. The van der Waals surface area contributed by atoms with Crippen LogP contribution >= 0.6 is 0 Å². The highest BCUT2D eigenvalue weighted by atomic mass is 16.5. The molecule has 0 atom stereocenters. The Balaban J connectivity index is 2.28. The first-order chi connectivity index (χ1) is 9.06. The van der Waals surface area contributed by atoms with Crippen LogP contribution < -0.4 is 10.1 Å². The van der Waals surface area contributed by atoms with Crippen molar-refractivity contribution in [3.63, 3.8) is 0 Å². The molecule has 98 valence electrons. The van der Waals surface area contributed by atoms with E-state index in [1.54, 1.807) is 24.3 Å². The van der Waals surface area contributed by atoms with Crippen LogP contribution in [0.5, 0.6) is 23.0 Å². The third kappa shape index (κ3) is 3.16. The Morgan fingerprint density at radius 1 is 1.11 bits per heavy atom. The highest BCUT2D eigenvalue weighted by Crippen LogP contribution is 2.38. The molecule has 1 amide bonds. The van der Waals surface area contributed by atoms with E-state index < -0.39 is 0 Å². The average Bonchev–Trinajstić information content (AvgIpc) is 2.36. The maximum absolute atomic E-state index is 10.9. The number of ether oxygens (including phenoxy) is 1. The van der Waals surface area contributed by atoms with Crippen molar-refractivity contribution in [1.29, 1.82) is 0 Å². The van der Waals surface area contributed by atoms with E-state index in [0.29, 0.717) is 5.75 Å². The summed E-state index contributed by atoms with van der Waals surface area (Å²) in [5.74, 6) is -0.0574. The molecule has 5 nitrogen and oxygen atoms in total. The van der Waals surface area contributed by atoms with E-state index in [-0.39, 0.29) is 28.8 Å². The average molecular weight is 259 g/mol. The standard InChI is InChI=1S/C14H13NO4/c1-9(16)15-11-7-13(18)14(8-12(11)17)19-10-5-3-2-4-6-10/h2-8,17-18H,1H3,(H,15,16). The number of aromatic hydroxyl groups is 2. The molecule has 0 aliphatic carbocycles. The van der Waals surface area contributed by atoms with Crippen LogP contribution in [0.3, 0.4) is 0 Å². The number of phenols is 2. The van der Waals surface area contributed by atoms with Gasteiger partial charge in [-0.3, -0.25) is 4.79 Å². The van der Waals surface area contributed by atoms with E-state index in [0.717, 1.165) is 0 Å². The number of amides is 1. The highest BCUT2D eigenvalue weighted by molar-refractivity contribution is 5.90. The van der Waals surface area contributed by atoms with Gasteiger partial charge in [-0.2, -0.15) is 0 Å². The van der Waals surface area contributed by atoms with Gasteiger partial charge in [-0.05, 0) is 12.1 Å². The third-order valence-electron chi connectivity index (χ3n) is 2.36. The number of anilines is 1. The van der Waals surface area contributed by atoms with Gasteiger partial charge in [0.1, 0.15) is 11.5 Å². The Labute approximate surface area is 110 Å². The molecule has 0 saturated carbocycles. The lowest BCUT2D eigenvalue weighted by Crippen LogP contribution is -2.05. The summed E-state index contributed by atoms with van der Waals surface area (Å²) in [6.07, 6.45) is 0. The van der Waals surface area contributed by atoms with Gasteiger partial charge in [0.05, 0.1) is 5.69 Å². The van der Waals surface area contributed by atoms with Crippen molar-refractivity contribution in [1.82, 2.24) is 0 Å². The fourth-order valence-electron chi connectivity index (χ4n) is 1.54. The van der Waals surface area contributed by atoms with E-state index in [1.165, 1.54) is 19.1 Å². The first-order valence-corrected chi connectivity index (χ1v) is 5.62. The molecule has 5 heteroatoms. The molecule has 2 aromatic carbocycles. The maximum Gasteiger partial charge on any atom is 0.221 e. The highest BCUT2D eigenvalue weighted by Gasteiger charge is 2.11. The van der Waals surface area contributed by atoms with Crippen LogP contribution in [0.1, 0.15) is 6.92 Å². The van der Waals surface area contributed by atoms with Crippen molar-refractivity contribution in [2.24, 2.45) is 0 Å². The van der Waals surface area contributed by atoms with Gasteiger partial charge in [0.15, 0.2) is 11.5 Å². The van der Waals surface area contributed by atoms with E-state index in [2.05, 4.69) is 5.32 Å². The summed E-state index contributed by atoms with van der Waals surface area (Å²) >= 11 is 0. The van der Waals surface area contributed by atoms with E-state index in [1.807, 2.05) is 6.07 Å². The van der Waals surface area contributed by atoms with Crippen molar-refractivity contribution in [2.75, 3.05) is 5.32 Å². The van der Waals surface area contributed by atoms with Crippen LogP contribution in [0, 0.1) is 0 Å². The Morgan fingerprint density at radius 3 is 2.42 bits per heavy atom. The summed E-state index contributed by atoms with van der Waals surface area (Å²) in [6, 6.07) is 11.3. The second kappa shape index (κ2) is 5.30. The van der Waals surface area contributed by atoms with Crippen molar-refractivity contribution in [3.8, 4) is 23.0 Å². The molecule has 2 rings (SSSR count). The quantitative estimate of drug-likeness (QED) is 0.585. The van der Waals surface area contributed by atoms with Crippen molar-refractivity contribution in [3.05, 3.63) is 42.5 Å². The van der Waals surface area contributed by atoms with Gasteiger partial charge in [-0.25, -0.2) is 0 Å². The zero-order chi connectivity index (χ0) is 13.8. The minimum Gasteiger partial charge on any atom is -0.506 e. The van der Waals surface area contributed by atoms with Crippen LogP contribution in [0.25, 0.3) is 0 Å². The molecule has 19 heavy (non-hydrogen) atoms. The summed E-state index contributed by atoms with van der Waals surface area (Å²) in [6.45, 7) is 1.31. The van der Waals surface area contributed by atoms with Crippen molar-refractivity contribution >= 4 is 11.6 Å². The molecule has 0 heterocycles. The Kier molecular flexibility index (Phi) is 3.56. The predicted molar refractivity (Wildman–Crippen MR) is 70.6 cm³/mol. The number of benzene rings is 2. The van der Waals surface area contributed by atoms with Crippen LogP contribution in [-0.2, 0) is 4.79 Å². The summed E-state index contributed by atoms with van der Waals surface area (Å²) in [7, 11) is 0. The molecule has 0 fully saturated rings. The second-order valence-electron chi connectivity index (χ2n) is 3.93. The number of hydrogen-bond acceptors (Lipinski definition) is 4. The number of rotatable bonds is 3. The van der Waals surface area contributed by atoms with Gasteiger partial charge in [-0.1, -0.05) is 18.2 Å². The molecule has 0 aliphatic heterocycles. The second-order valence-corrected chi connectivity index (χ2v) is 3.93. The van der Waals surface area contributed by atoms with Gasteiger partial charge in [0.2, 0.25) is 5.91 Å². The SMILES string of the molecule is CC(=O)Nc1cc(O)c(Oc2ccccc2)cc1O. The normalized spacial score (nSPS) is 9.95. The van der Waals surface area contributed by atoms with Gasteiger partial charge < -0.3 is 20.3 Å². The lowest BCUT2D eigenvalue weighted by Gasteiger charge is -2.11. The fraction of sp³-hybridized carbons (Fsp3) is 0.0714. The molecule has 0 spiro atoms. The molecule has 0 radical (unpaired) electrons. The lowest BCUT2D eigenvalue weighted by atomic mass is 10.2. The molecule has 0 unspecified atom stereocenters. The Bertz CT molecular complexity index is 596. The molecule has 0 saturated heterocycles. The Hall–Kier alpha value is -2.69. The van der Waals surface area contributed by atoms with Crippen LogP contribution in [0.4, 0.5) is 5.69 Å². The zero-order valence-electron chi connectivity index (χ0n) is 10.3. The monoisotopic (exact) mass is 259 g/mol. The molecule has 0 bridgehead atoms. The smallest absolute Gasteiger partial charge is 0.221 e. The number of carbonyl (C=O) groups is 1. The lowest BCUT2D eigenvalue weighted by molar-refractivity contribution is -0.114. The zero-order valence-corrected chi connectivity index (χ0v) is 10.3. The first-order valence-electron chi connectivity index (χ1n) is 5.62. The number of hydrogen-bond donors (Lipinski definition) is 3. The van der Waals surface area contributed by atoms with E-state index >= 15 is 0 Å². The number of phenolic OH excluding ortho intramolecular Hbond substituents is 2. The summed E-state index contributed by atoms with van der Waals surface area (Å²) < 4.78 is 5.43. The van der Waals surface area contributed by atoms with E-state index in [9.17, 15) is 15.0 Å². The minimum absolute atomic E-state index is 0.109. The third-order valence-corrected chi connectivity index (χ3v) is 2.36. The van der Waals surface area contributed by atoms with Crippen LogP contribution in [0.2, 0.25) is 0 Å². The number of para-hydroxylation sites is 1. The topological polar surface area (TPSA) is 78.8 Å². The van der Waals surface area contributed by atoms with Crippen molar-refractivity contribution < 1.29 is 19.7 Å². The fourth-order valence-corrected chi connectivity index (χ4v) is 1.54. The molecule has 2 aromatic rings. The van der Waals surface area contributed by atoms with Crippen molar-refractivity contribution in [2.45, 2.75) is 6.92 Å². The molecule has 3 N–H and O–H groups in total. The number of carbonyl (C=O) groups excluding carboxylic acids is 1. The van der Waals surface area contributed by atoms with E-state index in [4.69, 9.17) is 4.74 Å². The predicted octanol–water partition coefficient (Wildman–Crippen LogP) is 2.85. The van der Waals surface area contributed by atoms with Gasteiger partial charge in [0.25, 0.3) is 0 Å². The first kappa shape index (κ1) is 12.8. The minimum atomic E-state index is -0.341. The van der Waals surface area contributed by atoms with Crippen LogP contribution in [-0.4, -0.2) is 16.1 Å². The Morgan fingerprint density at radius 2 is 1.79 bits per heavy atom. The molecular weight excluding hydrogens is 246 g/mol. The summed E-state index contributed by atoms with van der Waals surface area (Å²) in [5, 5.41) is 21.9. The summed E-state index contributed by atoms with van der Waals surface area (Å²) in [5.41, 5.74) is 0.130. The van der Waals surface area contributed by atoms with Gasteiger partial charge in [0, 0.05) is 19.1 Å². The molecule has 0 aromatic heterocycles. The molecular formula is C14H13NO4. The summed E-state index contributed by atoms with van der Waals surface area (Å²) in [4.78, 5) is 10.9. The maximum atomic E-state index is 10.9. The number of nitrogens with one attached hydrogen (secondary N) is 1. The van der Waals surface area contributed by atoms with Gasteiger partial charge >= 0.3 is 0 Å².